The van der Waals surface area contributed by atoms with Gasteiger partial charge in [0.2, 0.25) is 0 Å². The molecule has 0 radical (unpaired) electrons. The molecule has 0 bridgehead atoms. The number of aromatic nitrogens is 2. The Balaban J connectivity index is 2.51. The molecule has 14 heavy (non-hydrogen) atoms. The highest BCUT2D eigenvalue weighted by Crippen LogP contribution is 2.18. The quantitative estimate of drug-likeness (QED) is 0.726. The lowest BCUT2D eigenvalue weighted by Gasteiger charge is -2.08. The van der Waals surface area contributed by atoms with Crippen molar-refractivity contribution in [2.24, 2.45) is 5.73 Å². The van der Waals surface area contributed by atoms with Crippen LogP contribution in [0.25, 0.3) is 10.8 Å². The fourth-order valence-electron chi connectivity index (χ4n) is 1.36. The van der Waals surface area contributed by atoms with E-state index in [2.05, 4.69) is 10.2 Å². The minimum atomic E-state index is -0.604. The van der Waals surface area contributed by atoms with Crippen molar-refractivity contribution in [2.75, 3.05) is 6.54 Å². The van der Waals surface area contributed by atoms with Gasteiger partial charge in [0.15, 0.2) is 0 Å². The van der Waals surface area contributed by atoms with Crippen LogP contribution in [0.5, 0.6) is 0 Å². The summed E-state index contributed by atoms with van der Waals surface area (Å²) in [7, 11) is 0. The Morgan fingerprint density at radius 1 is 1.21 bits per heavy atom. The van der Waals surface area contributed by atoms with Crippen LogP contribution in [0.4, 0.5) is 0 Å². The van der Waals surface area contributed by atoms with Crippen molar-refractivity contribution >= 4 is 10.8 Å². The second kappa shape index (κ2) is 3.69. The molecule has 0 saturated carbocycles. The van der Waals surface area contributed by atoms with Crippen molar-refractivity contribution in [3.8, 4) is 0 Å². The number of hydrogen-bond acceptors (Lipinski definition) is 4. The number of aliphatic hydroxyl groups is 1. The summed E-state index contributed by atoms with van der Waals surface area (Å²) < 4.78 is 0. The maximum Gasteiger partial charge on any atom is 0.0912 e. The fourth-order valence-corrected chi connectivity index (χ4v) is 1.36. The molecule has 3 N–H and O–H groups in total. The van der Waals surface area contributed by atoms with Gasteiger partial charge in [-0.1, -0.05) is 12.1 Å². The highest BCUT2D eigenvalue weighted by Gasteiger charge is 2.05. The van der Waals surface area contributed by atoms with E-state index in [0.29, 0.717) is 0 Å². The van der Waals surface area contributed by atoms with Crippen LogP contribution in [-0.2, 0) is 0 Å². The third-order valence-corrected chi connectivity index (χ3v) is 2.18. The summed E-state index contributed by atoms with van der Waals surface area (Å²) in [6, 6.07) is 5.63. The number of rotatable bonds is 2. The van der Waals surface area contributed by atoms with Crippen LogP contribution in [0.3, 0.4) is 0 Å². The smallest absolute Gasteiger partial charge is 0.0912 e. The molecule has 0 fully saturated rings. The van der Waals surface area contributed by atoms with Crippen molar-refractivity contribution in [3.05, 3.63) is 36.2 Å². The summed E-state index contributed by atoms with van der Waals surface area (Å²) in [5.41, 5.74) is 6.18. The summed E-state index contributed by atoms with van der Waals surface area (Å²) in [4.78, 5) is 0. The molecule has 0 saturated heterocycles. The first kappa shape index (κ1) is 9.05. The Morgan fingerprint density at radius 3 is 2.64 bits per heavy atom. The summed E-state index contributed by atoms with van der Waals surface area (Å²) in [6.45, 7) is 0.226. The summed E-state index contributed by atoms with van der Waals surface area (Å²) in [6.07, 6.45) is 2.75. The zero-order valence-corrected chi connectivity index (χ0v) is 7.59. The molecule has 0 amide bonds. The zero-order chi connectivity index (χ0) is 9.97. The van der Waals surface area contributed by atoms with Gasteiger partial charge in [-0.2, -0.15) is 10.2 Å². The van der Waals surface area contributed by atoms with E-state index in [0.717, 1.165) is 16.3 Å². The molecule has 4 heteroatoms. The predicted octanol–water partition coefficient (Wildman–Crippen LogP) is 0.622. The second-order valence-electron chi connectivity index (χ2n) is 3.13. The maximum absolute atomic E-state index is 9.53. The first-order valence-corrected chi connectivity index (χ1v) is 4.40. The van der Waals surface area contributed by atoms with Gasteiger partial charge >= 0.3 is 0 Å². The third-order valence-electron chi connectivity index (χ3n) is 2.18. The van der Waals surface area contributed by atoms with Gasteiger partial charge < -0.3 is 10.8 Å². The second-order valence-corrected chi connectivity index (χ2v) is 3.13. The molecule has 0 spiro atoms. The molecule has 0 aliphatic rings. The van der Waals surface area contributed by atoms with Crippen molar-refractivity contribution in [2.45, 2.75) is 6.10 Å². The first-order chi connectivity index (χ1) is 6.81. The summed E-state index contributed by atoms with van der Waals surface area (Å²) in [5, 5.41) is 19.0. The SMILES string of the molecule is NCC(O)c1ccc2cnncc2c1. The van der Waals surface area contributed by atoms with Gasteiger partial charge in [0, 0.05) is 17.3 Å². The number of benzene rings is 1. The molecule has 1 unspecified atom stereocenters. The standard InChI is InChI=1S/C10H11N3O/c11-4-10(14)7-1-2-8-5-12-13-6-9(8)3-7/h1-3,5-6,10,14H,4,11H2. The molecular formula is C10H11N3O. The van der Waals surface area contributed by atoms with Crippen LogP contribution in [0.2, 0.25) is 0 Å². The first-order valence-electron chi connectivity index (χ1n) is 4.40. The average molecular weight is 189 g/mol. The molecule has 0 aliphatic carbocycles. The van der Waals surface area contributed by atoms with Crippen molar-refractivity contribution in [1.82, 2.24) is 10.2 Å². The summed E-state index contributed by atoms with van der Waals surface area (Å²) >= 11 is 0. The molecule has 2 rings (SSSR count). The molecule has 1 heterocycles. The Bertz CT molecular complexity index is 444. The molecule has 0 aliphatic heterocycles. The van der Waals surface area contributed by atoms with E-state index >= 15 is 0 Å². The topological polar surface area (TPSA) is 72.0 Å². The lowest BCUT2D eigenvalue weighted by atomic mass is 10.1. The molecule has 4 nitrogen and oxygen atoms in total. The van der Waals surface area contributed by atoms with Crippen LogP contribution >= 0.6 is 0 Å². The van der Waals surface area contributed by atoms with Gasteiger partial charge in [0.25, 0.3) is 0 Å². The lowest BCUT2D eigenvalue weighted by molar-refractivity contribution is 0.187. The number of fused-ring (bicyclic) bond motifs is 1. The molecular weight excluding hydrogens is 178 g/mol. The normalized spacial score (nSPS) is 13.0. The Morgan fingerprint density at radius 2 is 1.93 bits per heavy atom. The molecule has 72 valence electrons. The van der Waals surface area contributed by atoms with Crippen molar-refractivity contribution in [1.29, 1.82) is 0 Å². The summed E-state index contributed by atoms with van der Waals surface area (Å²) in [5.74, 6) is 0. The Labute approximate surface area is 81.4 Å². The largest absolute Gasteiger partial charge is 0.387 e. The maximum atomic E-state index is 9.53. The van der Waals surface area contributed by atoms with Crippen LogP contribution in [-0.4, -0.2) is 21.8 Å². The minimum Gasteiger partial charge on any atom is -0.387 e. The molecule has 1 aromatic heterocycles. The number of hydrogen-bond donors (Lipinski definition) is 2. The van der Waals surface area contributed by atoms with Gasteiger partial charge in [-0.15, -0.1) is 0 Å². The van der Waals surface area contributed by atoms with Gasteiger partial charge in [-0.3, -0.25) is 0 Å². The van der Waals surface area contributed by atoms with Crippen LogP contribution < -0.4 is 5.73 Å². The van der Waals surface area contributed by atoms with E-state index in [-0.39, 0.29) is 6.54 Å². The minimum absolute atomic E-state index is 0.226. The average Bonchev–Trinajstić information content (AvgIpc) is 2.27. The van der Waals surface area contributed by atoms with E-state index in [9.17, 15) is 5.11 Å². The highest BCUT2D eigenvalue weighted by atomic mass is 16.3. The van der Waals surface area contributed by atoms with Crippen LogP contribution in [0, 0.1) is 0 Å². The van der Waals surface area contributed by atoms with Gasteiger partial charge in [-0.05, 0) is 11.6 Å². The van der Waals surface area contributed by atoms with Crippen molar-refractivity contribution < 1.29 is 5.11 Å². The van der Waals surface area contributed by atoms with Gasteiger partial charge in [-0.25, -0.2) is 0 Å². The molecule has 1 atom stereocenters. The lowest BCUT2D eigenvalue weighted by Crippen LogP contribution is -2.11. The molecule has 2 aromatic rings. The predicted molar refractivity (Wildman–Crippen MR) is 53.6 cm³/mol. The van der Waals surface area contributed by atoms with E-state index in [1.54, 1.807) is 12.4 Å². The Kier molecular flexibility index (Phi) is 2.39. The van der Waals surface area contributed by atoms with Gasteiger partial charge in [0.1, 0.15) is 0 Å². The van der Waals surface area contributed by atoms with E-state index in [1.165, 1.54) is 0 Å². The van der Waals surface area contributed by atoms with Crippen molar-refractivity contribution in [3.63, 3.8) is 0 Å². The van der Waals surface area contributed by atoms with E-state index in [4.69, 9.17) is 5.73 Å². The number of aliphatic hydroxyl groups excluding tert-OH is 1. The third kappa shape index (κ3) is 1.57. The highest BCUT2D eigenvalue weighted by molar-refractivity contribution is 5.81. The Hall–Kier alpha value is -1.52. The van der Waals surface area contributed by atoms with Gasteiger partial charge in [0.05, 0.1) is 18.5 Å². The van der Waals surface area contributed by atoms with E-state index in [1.807, 2.05) is 18.2 Å². The van der Waals surface area contributed by atoms with E-state index < -0.39 is 6.10 Å². The number of nitrogens with zero attached hydrogens (tertiary/aromatic N) is 2. The number of nitrogens with two attached hydrogens (primary N) is 1. The van der Waals surface area contributed by atoms with Crippen LogP contribution in [0.1, 0.15) is 11.7 Å². The monoisotopic (exact) mass is 189 g/mol. The fraction of sp³-hybridized carbons (Fsp3) is 0.200. The molecule has 1 aromatic carbocycles. The van der Waals surface area contributed by atoms with Crippen LogP contribution in [0.15, 0.2) is 30.6 Å². The zero-order valence-electron chi connectivity index (χ0n) is 7.59.